The average Bonchev–Trinajstić information content (AvgIpc) is 2.89. The number of benzene rings is 2. The molecule has 0 fully saturated rings. The number of likely N-dealkylation sites (N-methyl/N-ethyl adjacent to an activating group) is 1. The predicted molar refractivity (Wildman–Crippen MR) is 159 cm³/mol. The number of carbonyl (C=O) groups is 1. The van der Waals surface area contributed by atoms with Crippen molar-refractivity contribution in [3.05, 3.63) is 101 Å². The molecule has 0 aliphatic heterocycles. The van der Waals surface area contributed by atoms with E-state index in [2.05, 4.69) is 53.5 Å². The molecular weight excluding hydrogens is 593 g/mol. The molecule has 0 saturated carbocycles. The molecule has 0 saturated heterocycles. The second kappa shape index (κ2) is 13.5. The summed E-state index contributed by atoms with van der Waals surface area (Å²) in [6.07, 6.45) is 6.59. The number of rotatable bonds is 11. The minimum atomic E-state index is -0.180. The van der Waals surface area contributed by atoms with Crippen molar-refractivity contribution >= 4 is 57.2 Å². The lowest BCUT2D eigenvalue weighted by Crippen LogP contribution is -2.12. The van der Waals surface area contributed by atoms with Crippen molar-refractivity contribution < 1.29 is 9.53 Å². The van der Waals surface area contributed by atoms with Crippen LogP contribution in [0.15, 0.2) is 91.4 Å². The summed E-state index contributed by atoms with van der Waals surface area (Å²) < 4.78 is 6.87. The van der Waals surface area contributed by atoms with E-state index in [1.54, 1.807) is 6.20 Å². The second-order valence-corrected chi connectivity index (χ2v) is 9.69. The van der Waals surface area contributed by atoms with Crippen LogP contribution in [0.1, 0.15) is 5.69 Å². The van der Waals surface area contributed by atoms with Crippen molar-refractivity contribution in [2.24, 2.45) is 0 Å². The van der Waals surface area contributed by atoms with Crippen LogP contribution in [0, 0.1) is 3.57 Å². The van der Waals surface area contributed by atoms with Crippen LogP contribution in [0.25, 0.3) is 0 Å². The van der Waals surface area contributed by atoms with E-state index >= 15 is 0 Å². The van der Waals surface area contributed by atoms with Gasteiger partial charge < -0.3 is 25.6 Å². The van der Waals surface area contributed by atoms with Crippen LogP contribution in [0.5, 0.6) is 5.75 Å². The highest BCUT2D eigenvalue weighted by molar-refractivity contribution is 14.1. The maximum Gasteiger partial charge on any atom is 0.248 e. The maximum atomic E-state index is 12.2. The zero-order valence-corrected chi connectivity index (χ0v) is 23.2. The zero-order valence-electron chi connectivity index (χ0n) is 21.1. The van der Waals surface area contributed by atoms with Crippen LogP contribution in [0.3, 0.4) is 0 Å². The highest BCUT2D eigenvalue weighted by Crippen LogP contribution is 2.27. The molecule has 0 spiro atoms. The van der Waals surface area contributed by atoms with Gasteiger partial charge in [0.1, 0.15) is 30.3 Å². The van der Waals surface area contributed by atoms with E-state index < -0.39 is 0 Å². The fourth-order valence-corrected chi connectivity index (χ4v) is 4.02. The first-order chi connectivity index (χ1) is 18.4. The Balaban J connectivity index is 1.36. The molecule has 0 aliphatic rings. The summed E-state index contributed by atoms with van der Waals surface area (Å²) >= 11 is 2.25. The second-order valence-electron chi connectivity index (χ2n) is 8.53. The number of halogens is 1. The van der Waals surface area contributed by atoms with Crippen LogP contribution in [0.4, 0.5) is 28.7 Å². The van der Waals surface area contributed by atoms with E-state index in [4.69, 9.17) is 4.74 Å². The Morgan fingerprint density at radius 2 is 1.68 bits per heavy atom. The Labute approximate surface area is 235 Å². The SMILES string of the molecule is CN(C)C/C=C/C(=O)Nc1cccc(Nc2cc(Nc3ccc(OCc4ccccn4)c(I)c3)ncn2)c1. The molecule has 3 N–H and O–H groups in total. The summed E-state index contributed by atoms with van der Waals surface area (Å²) in [5, 5.41) is 9.44. The first kappa shape index (κ1) is 27.0. The van der Waals surface area contributed by atoms with Gasteiger partial charge in [0.25, 0.3) is 0 Å². The largest absolute Gasteiger partial charge is 0.486 e. The highest BCUT2D eigenvalue weighted by atomic mass is 127. The molecule has 194 valence electrons. The first-order valence-corrected chi connectivity index (χ1v) is 12.9. The van der Waals surface area contributed by atoms with Crippen LogP contribution in [-0.2, 0) is 11.4 Å². The summed E-state index contributed by atoms with van der Waals surface area (Å²) in [7, 11) is 3.90. The summed E-state index contributed by atoms with van der Waals surface area (Å²) in [6, 6.07) is 20.9. The van der Waals surface area contributed by atoms with E-state index in [0.717, 1.165) is 26.4 Å². The summed E-state index contributed by atoms with van der Waals surface area (Å²) in [6.45, 7) is 1.10. The van der Waals surface area contributed by atoms with E-state index in [1.165, 1.54) is 12.4 Å². The van der Waals surface area contributed by atoms with Crippen molar-refractivity contribution in [1.82, 2.24) is 19.9 Å². The van der Waals surface area contributed by atoms with E-state index in [-0.39, 0.29) is 5.91 Å². The Kier molecular flexibility index (Phi) is 9.59. The molecule has 1 amide bonds. The fraction of sp³-hybridized carbons (Fsp3) is 0.143. The number of anilines is 5. The molecule has 0 unspecified atom stereocenters. The van der Waals surface area contributed by atoms with Gasteiger partial charge in [-0.15, -0.1) is 0 Å². The lowest BCUT2D eigenvalue weighted by Gasteiger charge is -2.12. The number of aromatic nitrogens is 3. The number of ether oxygens (including phenoxy) is 1. The monoisotopic (exact) mass is 621 g/mol. The number of carbonyl (C=O) groups excluding carboxylic acids is 1. The maximum absolute atomic E-state index is 12.2. The first-order valence-electron chi connectivity index (χ1n) is 11.9. The van der Waals surface area contributed by atoms with Gasteiger partial charge in [0.05, 0.1) is 9.26 Å². The molecule has 2 aromatic heterocycles. The Morgan fingerprint density at radius 3 is 2.39 bits per heavy atom. The van der Waals surface area contributed by atoms with Crippen LogP contribution in [0.2, 0.25) is 0 Å². The van der Waals surface area contributed by atoms with Gasteiger partial charge in [-0.3, -0.25) is 9.78 Å². The normalized spacial score (nSPS) is 10.9. The number of hydrogen-bond acceptors (Lipinski definition) is 8. The Hall–Kier alpha value is -4.03. The molecule has 0 radical (unpaired) electrons. The van der Waals surface area contributed by atoms with Gasteiger partial charge in [-0.05, 0) is 85.2 Å². The summed E-state index contributed by atoms with van der Waals surface area (Å²) in [5.74, 6) is 1.85. The molecule has 2 heterocycles. The topological polar surface area (TPSA) is 104 Å². The number of pyridine rings is 1. The molecule has 4 aromatic rings. The van der Waals surface area contributed by atoms with Gasteiger partial charge in [-0.1, -0.05) is 18.2 Å². The van der Waals surface area contributed by atoms with Gasteiger partial charge >= 0.3 is 0 Å². The van der Waals surface area contributed by atoms with Crippen LogP contribution in [-0.4, -0.2) is 46.4 Å². The van der Waals surface area contributed by atoms with Crippen molar-refractivity contribution in [3.63, 3.8) is 0 Å². The predicted octanol–water partition coefficient (Wildman–Crippen LogP) is 5.60. The molecule has 0 bridgehead atoms. The van der Waals surface area contributed by atoms with Gasteiger partial charge in [0.15, 0.2) is 0 Å². The Bertz CT molecular complexity index is 1400. The van der Waals surface area contributed by atoms with E-state index in [9.17, 15) is 4.79 Å². The molecule has 0 aliphatic carbocycles. The molecule has 9 nitrogen and oxygen atoms in total. The molecule has 4 rings (SSSR count). The van der Waals surface area contributed by atoms with Crippen LogP contribution >= 0.6 is 22.6 Å². The zero-order chi connectivity index (χ0) is 26.7. The Morgan fingerprint density at radius 1 is 0.921 bits per heavy atom. The third-order valence-electron chi connectivity index (χ3n) is 5.12. The quantitative estimate of drug-likeness (QED) is 0.147. The lowest BCUT2D eigenvalue weighted by atomic mass is 10.2. The van der Waals surface area contributed by atoms with Crippen molar-refractivity contribution in [2.75, 3.05) is 36.6 Å². The van der Waals surface area contributed by atoms with E-state index in [0.29, 0.717) is 30.5 Å². The van der Waals surface area contributed by atoms with Crippen molar-refractivity contribution in [1.29, 1.82) is 0 Å². The van der Waals surface area contributed by atoms with Crippen molar-refractivity contribution in [3.8, 4) is 5.75 Å². The number of hydrogen-bond donors (Lipinski definition) is 3. The van der Waals surface area contributed by atoms with Crippen molar-refractivity contribution in [2.45, 2.75) is 6.61 Å². The molecular formula is C28H28IN7O2. The minimum Gasteiger partial charge on any atom is -0.486 e. The fourth-order valence-electron chi connectivity index (χ4n) is 3.35. The van der Waals surface area contributed by atoms with E-state index in [1.807, 2.05) is 91.8 Å². The van der Waals surface area contributed by atoms with Crippen LogP contribution < -0.4 is 20.7 Å². The summed E-state index contributed by atoms with van der Waals surface area (Å²) in [5.41, 5.74) is 3.21. The summed E-state index contributed by atoms with van der Waals surface area (Å²) in [4.78, 5) is 27.1. The third-order valence-corrected chi connectivity index (χ3v) is 5.96. The standard InChI is InChI=1S/C28H28IN7O2/c1-36(2)14-6-10-28(37)35-21-9-5-8-20(15-21)33-26-17-27(32-19-31-26)34-22-11-12-25(24(29)16-22)38-18-23-7-3-4-13-30-23/h3-13,15-17,19H,14,18H2,1-2H3,(H,35,37)(H2,31,32,33,34)/b10-6+. The molecule has 0 atom stereocenters. The van der Waals surface area contributed by atoms with Gasteiger partial charge in [0, 0.05) is 41.9 Å². The average molecular weight is 621 g/mol. The van der Waals surface area contributed by atoms with Gasteiger partial charge in [-0.25, -0.2) is 9.97 Å². The minimum absolute atomic E-state index is 0.180. The lowest BCUT2D eigenvalue weighted by molar-refractivity contribution is -0.111. The molecule has 38 heavy (non-hydrogen) atoms. The number of nitrogens with one attached hydrogen (secondary N) is 3. The third kappa shape index (κ3) is 8.53. The van der Waals surface area contributed by atoms with Gasteiger partial charge in [0.2, 0.25) is 5.91 Å². The van der Waals surface area contributed by atoms with Gasteiger partial charge in [-0.2, -0.15) is 0 Å². The number of amides is 1. The highest BCUT2D eigenvalue weighted by Gasteiger charge is 2.07. The molecule has 10 heteroatoms. The smallest absolute Gasteiger partial charge is 0.248 e. The number of nitrogens with zero attached hydrogens (tertiary/aromatic N) is 4. The molecule has 2 aromatic carbocycles.